The first-order chi connectivity index (χ1) is 12.4. The van der Waals surface area contributed by atoms with E-state index in [2.05, 4.69) is 14.9 Å². The summed E-state index contributed by atoms with van der Waals surface area (Å²) in [5.41, 5.74) is 2.40. The van der Waals surface area contributed by atoms with Crippen LogP contribution >= 0.6 is 0 Å². The molecule has 0 radical (unpaired) electrons. The van der Waals surface area contributed by atoms with Crippen molar-refractivity contribution in [3.8, 4) is 11.6 Å². The molecule has 0 aliphatic heterocycles. The first-order valence-electron chi connectivity index (χ1n) is 8.49. The number of hydrogen-bond acceptors (Lipinski definition) is 5. The highest BCUT2D eigenvalue weighted by Gasteiger charge is 2.29. The van der Waals surface area contributed by atoms with Gasteiger partial charge in [-0.2, -0.15) is 0 Å². The van der Waals surface area contributed by atoms with Gasteiger partial charge in [-0.25, -0.2) is 8.42 Å². The summed E-state index contributed by atoms with van der Waals surface area (Å²) < 4.78 is 36.3. The second-order valence-corrected chi connectivity index (χ2v) is 7.58. The molecular formula is C18H22N4O3S. The Bertz CT molecular complexity index is 1020. The number of para-hydroxylation sites is 1. The van der Waals surface area contributed by atoms with Crippen LogP contribution in [0.3, 0.4) is 0 Å². The average Bonchev–Trinajstić information content (AvgIpc) is 3.17. The molecule has 138 valence electrons. The van der Waals surface area contributed by atoms with E-state index in [1.165, 1.54) is 0 Å². The molecule has 2 aromatic heterocycles. The van der Waals surface area contributed by atoms with E-state index in [9.17, 15) is 8.42 Å². The summed E-state index contributed by atoms with van der Waals surface area (Å²) in [6.45, 7) is 8.02. The van der Waals surface area contributed by atoms with Gasteiger partial charge in [0.25, 0.3) is 15.9 Å². The summed E-state index contributed by atoms with van der Waals surface area (Å²) in [7, 11) is -3.75. The molecule has 8 heteroatoms. The Hall–Kier alpha value is -2.61. The third kappa shape index (κ3) is 3.12. The molecule has 3 rings (SSSR count). The Kier molecular flexibility index (Phi) is 4.86. The Morgan fingerprint density at radius 3 is 2.38 bits per heavy atom. The Morgan fingerprint density at radius 2 is 1.81 bits per heavy atom. The minimum absolute atomic E-state index is 0.245. The summed E-state index contributed by atoms with van der Waals surface area (Å²) in [5, 5.41) is 8.10. The number of aryl methyl sites for hydroxylation is 1. The first-order valence-corrected chi connectivity index (χ1v) is 9.97. The lowest BCUT2D eigenvalue weighted by atomic mass is 10.2. The molecule has 0 amide bonds. The van der Waals surface area contributed by atoms with Gasteiger partial charge < -0.3 is 8.98 Å². The van der Waals surface area contributed by atoms with Gasteiger partial charge in [0.05, 0.1) is 0 Å². The van der Waals surface area contributed by atoms with E-state index in [-0.39, 0.29) is 4.90 Å². The summed E-state index contributed by atoms with van der Waals surface area (Å²) in [6, 6.07) is 8.83. The molecule has 3 aromatic rings. The maximum Gasteiger partial charge on any atom is 0.264 e. The van der Waals surface area contributed by atoms with Crippen LogP contribution in [0.2, 0.25) is 0 Å². The molecule has 2 heterocycles. The largest absolute Gasteiger partial charge is 0.419 e. The zero-order chi connectivity index (χ0) is 18.9. The zero-order valence-electron chi connectivity index (χ0n) is 15.3. The van der Waals surface area contributed by atoms with Crippen molar-refractivity contribution in [2.75, 3.05) is 4.72 Å². The van der Waals surface area contributed by atoms with Crippen LogP contribution in [0.5, 0.6) is 0 Å². The third-order valence-corrected chi connectivity index (χ3v) is 5.93. The van der Waals surface area contributed by atoms with Gasteiger partial charge in [-0.1, -0.05) is 25.1 Å². The molecule has 0 unspecified atom stereocenters. The van der Waals surface area contributed by atoms with Crippen LogP contribution in [0.15, 0.2) is 39.6 Å². The Labute approximate surface area is 153 Å². The maximum atomic E-state index is 13.0. The van der Waals surface area contributed by atoms with Gasteiger partial charge in [0, 0.05) is 29.9 Å². The second-order valence-electron chi connectivity index (χ2n) is 5.96. The summed E-state index contributed by atoms with van der Waals surface area (Å²) in [6.07, 6.45) is 0.624. The average molecular weight is 374 g/mol. The molecule has 1 aromatic carbocycles. The van der Waals surface area contributed by atoms with E-state index >= 15 is 0 Å². The highest BCUT2D eigenvalue weighted by molar-refractivity contribution is 7.92. The van der Waals surface area contributed by atoms with Gasteiger partial charge in [0.15, 0.2) is 0 Å². The van der Waals surface area contributed by atoms with Gasteiger partial charge in [-0.3, -0.25) is 4.72 Å². The number of nitrogens with one attached hydrogen (secondary N) is 1. The predicted octanol–water partition coefficient (Wildman–Crippen LogP) is 3.54. The fourth-order valence-electron chi connectivity index (χ4n) is 3.14. The molecule has 0 atom stereocenters. The molecule has 0 aliphatic carbocycles. The number of benzene rings is 1. The van der Waals surface area contributed by atoms with Crippen molar-refractivity contribution in [3.63, 3.8) is 0 Å². The summed E-state index contributed by atoms with van der Waals surface area (Å²) in [4.78, 5) is 0.245. The van der Waals surface area contributed by atoms with Crippen molar-refractivity contribution >= 4 is 15.7 Å². The molecule has 0 saturated carbocycles. The lowest BCUT2D eigenvalue weighted by Crippen LogP contribution is -2.14. The van der Waals surface area contributed by atoms with Gasteiger partial charge in [0.1, 0.15) is 10.6 Å². The lowest BCUT2D eigenvalue weighted by molar-refractivity contribution is 0.507. The van der Waals surface area contributed by atoms with Crippen LogP contribution < -0.4 is 4.72 Å². The van der Waals surface area contributed by atoms with E-state index in [4.69, 9.17) is 4.42 Å². The fraction of sp³-hybridized carbons (Fsp3) is 0.333. The summed E-state index contributed by atoms with van der Waals surface area (Å²) in [5.74, 6) is 0.859. The number of hydrogen-bond donors (Lipinski definition) is 1. The van der Waals surface area contributed by atoms with Crippen LogP contribution in [0.4, 0.5) is 5.69 Å². The van der Waals surface area contributed by atoms with Gasteiger partial charge >= 0.3 is 0 Å². The van der Waals surface area contributed by atoms with E-state index in [0.29, 0.717) is 47.4 Å². The van der Waals surface area contributed by atoms with Crippen LogP contribution in [0.25, 0.3) is 11.6 Å². The normalized spacial score (nSPS) is 11.7. The molecule has 7 nitrogen and oxygen atoms in total. The second kappa shape index (κ2) is 6.95. The van der Waals surface area contributed by atoms with Gasteiger partial charge in [-0.05, 0) is 32.9 Å². The number of rotatable bonds is 6. The van der Waals surface area contributed by atoms with Gasteiger partial charge in [0.2, 0.25) is 5.89 Å². The highest BCUT2D eigenvalue weighted by Crippen LogP contribution is 2.34. The standard InChI is InChI=1S/C18H22N4O3S/c1-5-15-19-20-18(25-15)16-12(3)17(13(4)22(16)6-2)26(23,24)21-14-10-8-7-9-11-14/h7-11,21H,5-6H2,1-4H3. The molecule has 0 bridgehead atoms. The monoisotopic (exact) mass is 374 g/mol. The minimum Gasteiger partial charge on any atom is -0.419 e. The van der Waals surface area contributed by atoms with Crippen molar-refractivity contribution in [1.29, 1.82) is 0 Å². The smallest absolute Gasteiger partial charge is 0.264 e. The maximum absolute atomic E-state index is 13.0. The number of aromatic nitrogens is 3. The predicted molar refractivity (Wildman–Crippen MR) is 99.5 cm³/mol. The molecule has 0 saturated heterocycles. The SMILES string of the molecule is CCc1nnc(-c2c(C)c(S(=O)(=O)Nc3ccccc3)c(C)n2CC)o1. The number of nitrogens with zero attached hydrogens (tertiary/aromatic N) is 3. The van der Waals surface area contributed by atoms with Crippen LogP contribution in [0.1, 0.15) is 31.0 Å². The van der Waals surface area contributed by atoms with Gasteiger partial charge in [-0.15, -0.1) is 10.2 Å². The Balaban J connectivity index is 2.14. The molecule has 0 fully saturated rings. The van der Waals surface area contributed by atoms with Crippen molar-refractivity contribution in [1.82, 2.24) is 14.8 Å². The van der Waals surface area contributed by atoms with Crippen LogP contribution in [0, 0.1) is 13.8 Å². The van der Waals surface area contributed by atoms with Crippen LogP contribution in [-0.4, -0.2) is 23.2 Å². The topological polar surface area (TPSA) is 90.0 Å². The number of sulfonamides is 1. The van der Waals surface area contributed by atoms with E-state index in [1.807, 2.05) is 24.5 Å². The number of anilines is 1. The van der Waals surface area contributed by atoms with Crippen molar-refractivity contribution in [2.45, 2.75) is 45.6 Å². The molecule has 0 aliphatic rings. The van der Waals surface area contributed by atoms with Crippen LogP contribution in [-0.2, 0) is 23.0 Å². The third-order valence-electron chi connectivity index (χ3n) is 4.28. The van der Waals surface area contributed by atoms with Crippen molar-refractivity contribution < 1.29 is 12.8 Å². The zero-order valence-corrected chi connectivity index (χ0v) is 16.1. The molecule has 26 heavy (non-hydrogen) atoms. The molecule has 1 N–H and O–H groups in total. The van der Waals surface area contributed by atoms with E-state index in [1.54, 1.807) is 38.1 Å². The van der Waals surface area contributed by atoms with E-state index < -0.39 is 10.0 Å². The molecular weight excluding hydrogens is 352 g/mol. The fourth-order valence-corrected chi connectivity index (χ4v) is 4.69. The van der Waals surface area contributed by atoms with E-state index in [0.717, 1.165) is 0 Å². The van der Waals surface area contributed by atoms with Crippen molar-refractivity contribution in [2.24, 2.45) is 0 Å². The van der Waals surface area contributed by atoms with Crippen molar-refractivity contribution in [3.05, 3.63) is 47.5 Å². The highest BCUT2D eigenvalue weighted by atomic mass is 32.2. The Morgan fingerprint density at radius 1 is 1.12 bits per heavy atom. The minimum atomic E-state index is -3.75. The first kappa shape index (κ1) is 18.2. The lowest BCUT2D eigenvalue weighted by Gasteiger charge is -2.09. The molecule has 0 spiro atoms. The summed E-state index contributed by atoms with van der Waals surface area (Å²) >= 11 is 0. The quantitative estimate of drug-likeness (QED) is 0.713.